The van der Waals surface area contributed by atoms with Gasteiger partial charge in [0.25, 0.3) is 0 Å². The fourth-order valence-corrected chi connectivity index (χ4v) is 9.32. The van der Waals surface area contributed by atoms with E-state index >= 15 is 0 Å². The molecule has 0 atom stereocenters. The summed E-state index contributed by atoms with van der Waals surface area (Å²) in [5.41, 5.74) is 0. The highest BCUT2D eigenvalue weighted by molar-refractivity contribution is 5.78. The van der Waals surface area contributed by atoms with Crippen molar-refractivity contribution < 1.29 is 19.4 Å². The van der Waals surface area contributed by atoms with Crippen LogP contribution in [-0.4, -0.2) is 78.6 Å². The van der Waals surface area contributed by atoms with E-state index in [1.54, 1.807) is 0 Å². The van der Waals surface area contributed by atoms with Crippen LogP contribution in [0.2, 0.25) is 0 Å². The summed E-state index contributed by atoms with van der Waals surface area (Å²) in [6.07, 6.45) is 41.9. The summed E-state index contributed by atoms with van der Waals surface area (Å²) >= 11 is 0. The minimum atomic E-state index is 0.0191. The van der Waals surface area contributed by atoms with Gasteiger partial charge in [0.05, 0.1) is 13.2 Å². The largest absolute Gasteiger partial charge is 0.466 e. The van der Waals surface area contributed by atoms with Gasteiger partial charge in [0.1, 0.15) is 5.78 Å². The number of hydrogen-bond donors (Lipinski definition) is 1. The molecule has 1 N–H and O–H groups in total. The average molecular weight is 805 g/mol. The minimum absolute atomic E-state index is 0.0191. The number of esters is 1. The number of carbonyl (C=O) groups excluding carboxylic acids is 2. The number of hydrogen-bond acceptors (Lipinski definition) is 6. The zero-order valence-corrected chi connectivity index (χ0v) is 39.0. The maximum Gasteiger partial charge on any atom is 0.306 e. The van der Waals surface area contributed by atoms with E-state index in [-0.39, 0.29) is 12.6 Å². The average Bonchev–Trinajstić information content (AvgIpc) is 3.22. The molecule has 57 heavy (non-hydrogen) atoms. The summed E-state index contributed by atoms with van der Waals surface area (Å²) in [6, 6.07) is 0.625. The highest BCUT2D eigenvalue weighted by Crippen LogP contribution is 2.25. The van der Waals surface area contributed by atoms with E-state index in [1.165, 1.54) is 173 Å². The topological polar surface area (TPSA) is 70.1 Å². The third-order valence-electron chi connectivity index (χ3n) is 13.1. The van der Waals surface area contributed by atoms with Gasteiger partial charge in [-0.3, -0.25) is 14.5 Å². The Kier molecular flexibility index (Phi) is 38.3. The highest BCUT2D eigenvalue weighted by atomic mass is 16.5. The molecular weight excluding hydrogens is 705 g/mol. The van der Waals surface area contributed by atoms with Crippen LogP contribution in [0.4, 0.5) is 0 Å². The summed E-state index contributed by atoms with van der Waals surface area (Å²) in [5.74, 6) is 1.62. The molecule has 0 bridgehead atoms. The van der Waals surface area contributed by atoms with E-state index in [1.807, 2.05) is 0 Å². The number of aliphatic hydroxyl groups is 1. The van der Waals surface area contributed by atoms with Gasteiger partial charge in [0, 0.05) is 44.9 Å². The van der Waals surface area contributed by atoms with Crippen LogP contribution in [-0.2, 0) is 14.3 Å². The van der Waals surface area contributed by atoms with Gasteiger partial charge in [-0.25, -0.2) is 0 Å². The third kappa shape index (κ3) is 32.5. The zero-order chi connectivity index (χ0) is 41.4. The second kappa shape index (κ2) is 40.4. The Morgan fingerprint density at radius 2 is 1.00 bits per heavy atom. The summed E-state index contributed by atoms with van der Waals surface area (Å²) in [6.45, 7) is 14.9. The van der Waals surface area contributed by atoms with Crippen LogP contribution < -0.4 is 0 Å². The predicted octanol–water partition coefficient (Wildman–Crippen LogP) is 14.0. The third-order valence-corrected chi connectivity index (χ3v) is 13.1. The maximum atomic E-state index is 13.0. The molecule has 6 heteroatoms. The smallest absolute Gasteiger partial charge is 0.306 e. The van der Waals surface area contributed by atoms with Gasteiger partial charge in [0.15, 0.2) is 0 Å². The van der Waals surface area contributed by atoms with E-state index in [0.29, 0.717) is 36.7 Å². The predicted molar refractivity (Wildman–Crippen MR) is 246 cm³/mol. The van der Waals surface area contributed by atoms with Gasteiger partial charge in [-0.05, 0) is 82.7 Å². The van der Waals surface area contributed by atoms with Gasteiger partial charge in [-0.1, -0.05) is 175 Å². The Hall–Kier alpha value is -0.980. The van der Waals surface area contributed by atoms with Gasteiger partial charge < -0.3 is 14.7 Å². The van der Waals surface area contributed by atoms with Gasteiger partial charge in [-0.15, -0.1) is 0 Å². The SMILES string of the molecule is CCCCCCC(CCCCCC)CC(=O)CCCCCCN(CCCCCOC(=O)CC(CCCCCC)CCCCCC)CCN(CCO)C1CCCCC1. The monoisotopic (exact) mass is 805 g/mol. The number of aliphatic hydroxyl groups excluding tert-OH is 1. The molecule has 0 aromatic rings. The fourth-order valence-electron chi connectivity index (χ4n) is 9.32. The first-order valence-corrected chi connectivity index (χ1v) is 25.7. The summed E-state index contributed by atoms with van der Waals surface area (Å²) < 4.78 is 5.79. The Morgan fingerprint density at radius 3 is 1.51 bits per heavy atom. The minimum Gasteiger partial charge on any atom is -0.466 e. The van der Waals surface area contributed by atoms with Crippen molar-refractivity contribution >= 4 is 11.8 Å². The Bertz CT molecular complexity index is 799. The number of Topliss-reactive ketones (excluding diaryl/α,β-unsaturated/α-hetero) is 1. The molecule has 0 radical (unpaired) electrons. The molecule has 0 unspecified atom stereocenters. The highest BCUT2D eigenvalue weighted by Gasteiger charge is 2.21. The van der Waals surface area contributed by atoms with E-state index in [2.05, 4.69) is 37.5 Å². The molecular formula is C51H100N2O4. The van der Waals surface area contributed by atoms with Crippen molar-refractivity contribution in [3.63, 3.8) is 0 Å². The quantitative estimate of drug-likeness (QED) is 0.0489. The lowest BCUT2D eigenvalue weighted by atomic mass is 9.89. The molecule has 0 aromatic heterocycles. The molecule has 0 heterocycles. The van der Waals surface area contributed by atoms with E-state index < -0.39 is 0 Å². The second-order valence-electron chi connectivity index (χ2n) is 18.4. The summed E-state index contributed by atoms with van der Waals surface area (Å²) in [4.78, 5) is 31.1. The van der Waals surface area contributed by atoms with Gasteiger partial charge in [0.2, 0.25) is 0 Å². The molecule has 1 fully saturated rings. The molecule has 0 amide bonds. The molecule has 0 saturated heterocycles. The fraction of sp³-hybridized carbons (Fsp3) is 0.961. The number of nitrogens with zero attached hydrogens (tertiary/aromatic N) is 2. The number of ether oxygens (including phenoxy) is 1. The van der Waals surface area contributed by atoms with Crippen LogP contribution in [0.5, 0.6) is 0 Å². The lowest BCUT2D eigenvalue weighted by Gasteiger charge is -2.35. The van der Waals surface area contributed by atoms with Crippen molar-refractivity contribution in [2.24, 2.45) is 11.8 Å². The molecule has 0 aliphatic heterocycles. The van der Waals surface area contributed by atoms with Crippen molar-refractivity contribution in [1.29, 1.82) is 0 Å². The van der Waals surface area contributed by atoms with Crippen LogP contribution >= 0.6 is 0 Å². The number of unbranched alkanes of at least 4 members (excludes halogenated alkanes) is 17. The first-order chi connectivity index (χ1) is 28.0. The first kappa shape index (κ1) is 54.0. The molecule has 0 spiro atoms. The normalized spacial score (nSPS) is 13.8. The summed E-state index contributed by atoms with van der Waals surface area (Å²) in [5, 5.41) is 9.87. The molecule has 0 aromatic carbocycles. The van der Waals surface area contributed by atoms with Crippen molar-refractivity contribution in [3.05, 3.63) is 0 Å². The Balaban J connectivity index is 2.52. The van der Waals surface area contributed by atoms with Crippen LogP contribution in [0.25, 0.3) is 0 Å². The zero-order valence-electron chi connectivity index (χ0n) is 39.0. The molecule has 1 saturated carbocycles. The molecule has 1 aliphatic rings. The Labute approximate surface area is 356 Å². The van der Waals surface area contributed by atoms with Crippen molar-refractivity contribution in [3.8, 4) is 0 Å². The van der Waals surface area contributed by atoms with Crippen LogP contribution in [0.3, 0.4) is 0 Å². The first-order valence-electron chi connectivity index (χ1n) is 25.7. The number of carbonyl (C=O) groups is 2. The second-order valence-corrected chi connectivity index (χ2v) is 18.4. The molecule has 1 aliphatic carbocycles. The molecule has 1 rings (SSSR count). The van der Waals surface area contributed by atoms with E-state index in [0.717, 1.165) is 77.7 Å². The van der Waals surface area contributed by atoms with Gasteiger partial charge >= 0.3 is 5.97 Å². The molecule has 6 nitrogen and oxygen atoms in total. The molecule has 338 valence electrons. The van der Waals surface area contributed by atoms with Crippen molar-refractivity contribution in [2.75, 3.05) is 45.9 Å². The number of rotatable bonds is 43. The number of ketones is 1. The lowest BCUT2D eigenvalue weighted by molar-refractivity contribution is -0.145. The summed E-state index contributed by atoms with van der Waals surface area (Å²) in [7, 11) is 0. The van der Waals surface area contributed by atoms with Crippen molar-refractivity contribution in [2.45, 2.75) is 258 Å². The Morgan fingerprint density at radius 1 is 0.526 bits per heavy atom. The van der Waals surface area contributed by atoms with E-state index in [4.69, 9.17) is 4.74 Å². The van der Waals surface area contributed by atoms with E-state index in [9.17, 15) is 14.7 Å². The van der Waals surface area contributed by atoms with Crippen molar-refractivity contribution in [1.82, 2.24) is 9.80 Å². The van der Waals surface area contributed by atoms with Crippen LogP contribution in [0.15, 0.2) is 0 Å². The maximum absolute atomic E-state index is 13.0. The van der Waals surface area contributed by atoms with Gasteiger partial charge in [-0.2, -0.15) is 0 Å². The lowest BCUT2D eigenvalue weighted by Crippen LogP contribution is -2.43. The standard InChI is InChI=1S/C51H100N2O4/c1-5-9-13-21-31-47(32-22-14-10-6-2)45-50(55)37-27-17-18-28-38-52(40-41-53(42-43-54)49-35-25-19-26-36-49)39-29-20-30-44-57-51(56)46-48(33-23-15-11-7-3)34-24-16-12-8-4/h47-49,54H,5-46H2,1-4H3. The van der Waals surface area contributed by atoms with Crippen LogP contribution in [0.1, 0.15) is 252 Å². The van der Waals surface area contributed by atoms with Crippen LogP contribution in [0, 0.1) is 11.8 Å².